The molecule has 6 atom stereocenters. The number of nitrogens with two attached hydrogens (primary N) is 1. The third kappa shape index (κ3) is 6.35. The molecule has 3 aliphatic carbocycles. The molecule has 0 bridgehead atoms. The molecule has 1 aromatic rings. The predicted octanol–water partition coefficient (Wildman–Crippen LogP) is 1.51. The summed E-state index contributed by atoms with van der Waals surface area (Å²) in [5.74, 6) is -7.42. The summed E-state index contributed by atoms with van der Waals surface area (Å²) in [5.41, 5.74) is 2.26. The van der Waals surface area contributed by atoms with Crippen LogP contribution in [0.5, 0.6) is 5.75 Å². The van der Waals surface area contributed by atoms with E-state index in [-0.39, 0.29) is 49.2 Å². The van der Waals surface area contributed by atoms with E-state index in [9.17, 15) is 44.4 Å². The Hall–Kier alpha value is -4.83. The van der Waals surface area contributed by atoms with E-state index < -0.39 is 93.5 Å². The first kappa shape index (κ1) is 37.4. The number of amides is 3. The molecular formula is C35H47N5O11. The van der Waals surface area contributed by atoms with Gasteiger partial charge in [-0.15, -0.1) is 0 Å². The van der Waals surface area contributed by atoms with Gasteiger partial charge in [-0.05, 0) is 56.8 Å². The maximum Gasteiger partial charge on any atom is 0.410 e. The number of ketones is 2. The predicted molar refractivity (Wildman–Crippen MR) is 183 cm³/mol. The maximum atomic E-state index is 14.3. The number of carbonyl (C=O) groups excluding carboxylic acids is 5. The van der Waals surface area contributed by atoms with Crippen LogP contribution in [0.25, 0.3) is 5.76 Å². The molecule has 0 radical (unpaired) electrons. The average Bonchev–Trinajstić information content (AvgIpc) is 3.33. The van der Waals surface area contributed by atoms with Crippen molar-refractivity contribution in [1.82, 2.24) is 15.1 Å². The van der Waals surface area contributed by atoms with Gasteiger partial charge in [-0.3, -0.25) is 19.3 Å². The molecule has 1 heterocycles. The van der Waals surface area contributed by atoms with Crippen molar-refractivity contribution in [1.29, 1.82) is 0 Å². The lowest BCUT2D eigenvalue weighted by atomic mass is 9.57. The highest BCUT2D eigenvalue weighted by Gasteiger charge is 2.64. The smallest absolute Gasteiger partial charge is 0.410 e. The quantitative estimate of drug-likeness (QED) is 0.210. The minimum absolute atomic E-state index is 0.0442. The van der Waals surface area contributed by atoms with Crippen LogP contribution in [-0.4, -0.2) is 125 Å². The Bertz CT molecular complexity index is 1760. The number of nitrogens with one attached hydrogen (secondary N) is 1. The number of aliphatic hydroxyl groups excluding tert-OH is 2. The summed E-state index contributed by atoms with van der Waals surface area (Å²) in [4.78, 5) is 69.7. The highest BCUT2D eigenvalue weighted by Crippen LogP contribution is 2.54. The van der Waals surface area contributed by atoms with Crippen LogP contribution < -0.4 is 16.0 Å². The van der Waals surface area contributed by atoms with Gasteiger partial charge in [0.2, 0.25) is 5.78 Å². The molecule has 16 nitrogen and oxygen atoms in total. The Morgan fingerprint density at radius 1 is 1.12 bits per heavy atom. The Morgan fingerprint density at radius 2 is 1.76 bits per heavy atom. The summed E-state index contributed by atoms with van der Waals surface area (Å²) in [6.07, 6.45) is -1.80. The van der Waals surface area contributed by atoms with E-state index in [1.807, 2.05) is 20.8 Å². The van der Waals surface area contributed by atoms with E-state index in [4.69, 9.17) is 15.2 Å². The van der Waals surface area contributed by atoms with Gasteiger partial charge in [0.1, 0.15) is 41.6 Å². The number of primary amides is 1. The topological polar surface area (TPSA) is 232 Å². The Balaban J connectivity index is 1.59. The van der Waals surface area contributed by atoms with Crippen LogP contribution in [0.15, 0.2) is 23.0 Å². The lowest BCUT2D eigenvalue weighted by molar-refractivity contribution is -0.153. The Morgan fingerprint density at radius 3 is 2.29 bits per heavy atom. The zero-order valence-electron chi connectivity index (χ0n) is 30.1. The van der Waals surface area contributed by atoms with Crippen molar-refractivity contribution in [2.24, 2.45) is 23.0 Å². The first-order chi connectivity index (χ1) is 23.6. The van der Waals surface area contributed by atoms with Gasteiger partial charge in [0.05, 0.1) is 18.2 Å². The molecule has 7 N–H and O–H groups in total. The van der Waals surface area contributed by atoms with Crippen LogP contribution in [-0.2, 0) is 36.8 Å². The average molecular weight is 714 g/mol. The van der Waals surface area contributed by atoms with Crippen molar-refractivity contribution in [3.8, 4) is 5.75 Å². The van der Waals surface area contributed by atoms with Gasteiger partial charge >= 0.3 is 12.2 Å². The van der Waals surface area contributed by atoms with Crippen LogP contribution in [0.4, 0.5) is 15.3 Å². The SMILES string of the molecule is CC1OC(=O)NC1COC(=O)N(Cc1cc(N(C)C)c2c(c1O)C(O)=C1C(=O)[C@]3(O)C(O)=C(C(N)=O)C(=O)[C@@H](N(C)C)[C@@H]3C[C@@H]1C2)CC(C)(C)C. The molecule has 2 unspecified atom stereocenters. The monoisotopic (exact) mass is 713 g/mol. The lowest BCUT2D eigenvalue weighted by Gasteiger charge is -2.50. The molecular weight excluding hydrogens is 666 g/mol. The summed E-state index contributed by atoms with van der Waals surface area (Å²) >= 11 is 0. The third-order valence-corrected chi connectivity index (χ3v) is 10.1. The molecule has 0 spiro atoms. The summed E-state index contributed by atoms with van der Waals surface area (Å²) in [5, 5.41) is 49.3. The van der Waals surface area contributed by atoms with E-state index >= 15 is 0 Å². The number of nitrogens with zero attached hydrogens (tertiary/aromatic N) is 3. The highest BCUT2D eigenvalue weighted by molar-refractivity contribution is 6.24. The highest BCUT2D eigenvalue weighted by atomic mass is 16.6. The second kappa shape index (κ2) is 13.1. The summed E-state index contributed by atoms with van der Waals surface area (Å²) in [6.45, 7) is 7.25. The fourth-order valence-electron chi connectivity index (χ4n) is 7.81. The number of rotatable bonds is 8. The molecule has 1 saturated carbocycles. The van der Waals surface area contributed by atoms with Gasteiger partial charge in [-0.25, -0.2) is 9.59 Å². The van der Waals surface area contributed by atoms with Crippen molar-refractivity contribution < 1.29 is 53.9 Å². The maximum absolute atomic E-state index is 14.3. The molecule has 0 aromatic heterocycles. The van der Waals surface area contributed by atoms with Gasteiger partial charge in [-0.1, -0.05) is 20.8 Å². The first-order valence-corrected chi connectivity index (χ1v) is 16.7. The lowest BCUT2D eigenvalue weighted by Crippen LogP contribution is -2.65. The zero-order chi connectivity index (χ0) is 38.1. The van der Waals surface area contributed by atoms with Crippen molar-refractivity contribution in [2.75, 3.05) is 46.2 Å². The number of hydrogen-bond donors (Lipinski definition) is 6. The minimum atomic E-state index is -2.77. The number of alkyl carbamates (subject to hydrolysis) is 1. The standard InChI is InChI=1S/C35H47N5O11/c1-15-20(37-32(47)51-15)13-50-33(48)40(14-34(2,3)4)12-17-11-21(38(5)6)18-9-16-10-19-25(39(7)8)28(43)24(31(36)46)30(45)35(19,49)29(44)22(16)27(42)23(18)26(17)41/h11,15-16,19-20,25,41-42,45,49H,9-10,12-14H2,1-8H3,(H2,36,46)(H,37,47)/t15?,16-,19-,20?,25-,35-/m0/s1. The van der Waals surface area contributed by atoms with Crippen LogP contribution in [0, 0.1) is 17.3 Å². The van der Waals surface area contributed by atoms with Gasteiger partial charge in [0, 0.05) is 43.4 Å². The number of ether oxygens (including phenoxy) is 2. The fourth-order valence-corrected chi connectivity index (χ4v) is 7.81. The number of Topliss-reactive ketones (excluding diaryl/α,β-unsaturated/α-hetero) is 2. The van der Waals surface area contributed by atoms with Gasteiger partial charge < -0.3 is 50.8 Å². The third-order valence-electron chi connectivity index (χ3n) is 10.1. The molecule has 5 rings (SSSR count). The molecule has 16 heteroatoms. The Labute approximate surface area is 295 Å². The van der Waals surface area contributed by atoms with Crippen LogP contribution >= 0.6 is 0 Å². The molecule has 51 heavy (non-hydrogen) atoms. The molecule has 278 valence electrons. The van der Waals surface area contributed by atoms with Crippen LogP contribution in [0.1, 0.15) is 50.8 Å². The van der Waals surface area contributed by atoms with Crippen molar-refractivity contribution in [3.63, 3.8) is 0 Å². The molecule has 1 aliphatic heterocycles. The number of hydrogen-bond acceptors (Lipinski definition) is 13. The number of likely N-dealkylation sites (N-methyl/N-ethyl adjacent to an activating group) is 1. The van der Waals surface area contributed by atoms with E-state index in [1.54, 1.807) is 32.0 Å². The van der Waals surface area contributed by atoms with E-state index in [0.29, 0.717) is 11.3 Å². The largest absolute Gasteiger partial charge is 0.508 e. The number of aliphatic hydroxyl groups is 3. The molecule has 2 fully saturated rings. The van der Waals surface area contributed by atoms with E-state index in [1.165, 1.54) is 23.9 Å². The normalized spacial score (nSPS) is 27.4. The number of phenols is 1. The number of anilines is 1. The molecule has 3 amide bonds. The minimum Gasteiger partial charge on any atom is -0.508 e. The molecule has 1 saturated heterocycles. The number of benzene rings is 1. The van der Waals surface area contributed by atoms with Crippen molar-refractivity contribution >= 4 is 41.1 Å². The summed E-state index contributed by atoms with van der Waals surface area (Å²) < 4.78 is 10.6. The van der Waals surface area contributed by atoms with Crippen LogP contribution in [0.3, 0.4) is 0 Å². The number of aromatic hydroxyl groups is 1. The number of cyclic esters (lactones) is 1. The molecule has 1 aromatic carbocycles. The second-order valence-corrected chi connectivity index (χ2v) is 15.5. The van der Waals surface area contributed by atoms with Crippen molar-refractivity contribution in [2.45, 2.75) is 70.9 Å². The van der Waals surface area contributed by atoms with Gasteiger partial charge in [0.15, 0.2) is 11.4 Å². The first-order valence-electron chi connectivity index (χ1n) is 16.7. The fraction of sp³-hybridized carbons (Fsp3) is 0.571. The van der Waals surface area contributed by atoms with Gasteiger partial charge in [0.25, 0.3) is 5.91 Å². The summed E-state index contributed by atoms with van der Waals surface area (Å²) in [7, 11) is 6.59. The summed E-state index contributed by atoms with van der Waals surface area (Å²) in [6, 6.07) is -0.0667. The van der Waals surface area contributed by atoms with Crippen LogP contribution in [0.2, 0.25) is 0 Å². The molecule has 4 aliphatic rings. The number of carbonyl (C=O) groups is 5. The van der Waals surface area contributed by atoms with Crippen molar-refractivity contribution in [3.05, 3.63) is 39.7 Å². The Kier molecular flexibility index (Phi) is 9.58. The second-order valence-electron chi connectivity index (χ2n) is 15.5. The van der Waals surface area contributed by atoms with E-state index in [0.717, 1.165) is 0 Å². The van der Waals surface area contributed by atoms with E-state index in [2.05, 4.69) is 5.32 Å². The number of phenolic OH excluding ortho intramolecular Hbond substituents is 1. The van der Waals surface area contributed by atoms with Gasteiger partial charge in [-0.2, -0.15) is 0 Å². The zero-order valence-corrected chi connectivity index (χ0v) is 30.1. The number of fused-ring (bicyclic) bond motifs is 3.